The molecule has 0 radical (unpaired) electrons. The largest absolute Gasteiger partial charge is 0.330 e. The average molecular weight is 292 g/mol. The first-order valence-electron chi connectivity index (χ1n) is 7.91. The predicted octanol–water partition coefficient (Wildman–Crippen LogP) is 3.48. The number of anilines is 1. The molecule has 0 heterocycles. The second-order valence-corrected chi connectivity index (χ2v) is 5.89. The second kappa shape index (κ2) is 7.03. The highest BCUT2D eigenvalue weighted by atomic mass is 19.1. The third-order valence-electron chi connectivity index (χ3n) is 4.67. The van der Waals surface area contributed by atoms with E-state index in [-0.39, 0.29) is 17.1 Å². The van der Waals surface area contributed by atoms with E-state index in [1.165, 1.54) is 6.07 Å². The molecule has 1 aromatic rings. The lowest BCUT2D eigenvalue weighted by atomic mass is 9.81. The number of hydrogen-bond acceptors (Lipinski definition) is 2. The van der Waals surface area contributed by atoms with E-state index in [0.717, 1.165) is 32.1 Å². The van der Waals surface area contributed by atoms with Gasteiger partial charge in [0.25, 0.3) is 0 Å². The summed E-state index contributed by atoms with van der Waals surface area (Å²) >= 11 is 0. The van der Waals surface area contributed by atoms with Crippen LogP contribution in [0.3, 0.4) is 0 Å². The van der Waals surface area contributed by atoms with E-state index >= 15 is 0 Å². The summed E-state index contributed by atoms with van der Waals surface area (Å²) in [5, 5.41) is 0. The molecule has 1 fully saturated rings. The second-order valence-electron chi connectivity index (χ2n) is 5.89. The van der Waals surface area contributed by atoms with Gasteiger partial charge in [0.05, 0.1) is 5.69 Å². The molecule has 2 N–H and O–H groups in total. The van der Waals surface area contributed by atoms with E-state index in [1.807, 2.05) is 0 Å². The maximum Gasteiger partial charge on any atom is 0.233 e. The van der Waals surface area contributed by atoms with Crippen molar-refractivity contribution in [1.29, 1.82) is 0 Å². The first-order chi connectivity index (χ1) is 10.1. The number of para-hydroxylation sites is 1. The van der Waals surface area contributed by atoms with Crippen LogP contribution in [0, 0.1) is 11.2 Å². The van der Waals surface area contributed by atoms with Crippen LogP contribution in [0.15, 0.2) is 24.3 Å². The number of benzene rings is 1. The number of carbonyl (C=O) groups is 1. The molecule has 0 unspecified atom stereocenters. The fourth-order valence-corrected chi connectivity index (χ4v) is 3.31. The lowest BCUT2D eigenvalue weighted by Crippen LogP contribution is -2.44. The molecule has 3 nitrogen and oxygen atoms in total. The van der Waals surface area contributed by atoms with Crippen molar-refractivity contribution in [2.75, 3.05) is 18.0 Å². The Morgan fingerprint density at radius 1 is 1.33 bits per heavy atom. The molecule has 0 aromatic heterocycles. The summed E-state index contributed by atoms with van der Waals surface area (Å²) in [5.74, 6) is -0.270. The predicted molar refractivity (Wildman–Crippen MR) is 83.6 cm³/mol. The molecule has 0 saturated heterocycles. The smallest absolute Gasteiger partial charge is 0.233 e. The lowest BCUT2D eigenvalue weighted by Gasteiger charge is -2.34. The molecule has 1 aromatic carbocycles. The molecule has 1 saturated carbocycles. The van der Waals surface area contributed by atoms with Gasteiger partial charge in [-0.1, -0.05) is 31.9 Å². The van der Waals surface area contributed by atoms with Crippen LogP contribution >= 0.6 is 0 Å². The van der Waals surface area contributed by atoms with Crippen LogP contribution in [-0.2, 0) is 4.79 Å². The van der Waals surface area contributed by atoms with E-state index in [2.05, 4.69) is 6.92 Å². The number of nitrogens with zero attached hydrogens (tertiary/aromatic N) is 1. The van der Waals surface area contributed by atoms with Gasteiger partial charge in [-0.2, -0.15) is 0 Å². The molecular formula is C17H25FN2O. The minimum absolute atomic E-state index is 0.0704. The van der Waals surface area contributed by atoms with E-state index in [0.29, 0.717) is 25.2 Å². The van der Waals surface area contributed by atoms with Crippen molar-refractivity contribution in [2.24, 2.45) is 11.1 Å². The van der Waals surface area contributed by atoms with Gasteiger partial charge in [-0.15, -0.1) is 0 Å². The Morgan fingerprint density at radius 2 is 2.00 bits per heavy atom. The SMILES string of the molecule is CCC1(C(=O)N(CCCN)c2ccccc2F)CCCC1. The van der Waals surface area contributed by atoms with Gasteiger partial charge >= 0.3 is 0 Å². The maximum absolute atomic E-state index is 14.1. The minimum Gasteiger partial charge on any atom is -0.330 e. The summed E-state index contributed by atoms with van der Waals surface area (Å²) in [7, 11) is 0. The molecular weight excluding hydrogens is 267 g/mol. The van der Waals surface area contributed by atoms with E-state index in [4.69, 9.17) is 5.73 Å². The van der Waals surface area contributed by atoms with Crippen molar-refractivity contribution in [1.82, 2.24) is 0 Å². The third kappa shape index (κ3) is 3.26. The average Bonchev–Trinajstić information content (AvgIpc) is 2.99. The molecule has 0 aliphatic heterocycles. The molecule has 0 bridgehead atoms. The van der Waals surface area contributed by atoms with Gasteiger partial charge in [0, 0.05) is 12.0 Å². The van der Waals surface area contributed by atoms with Crippen molar-refractivity contribution in [3.05, 3.63) is 30.1 Å². The molecule has 1 aliphatic carbocycles. The highest BCUT2D eigenvalue weighted by Crippen LogP contribution is 2.43. The van der Waals surface area contributed by atoms with Crippen LogP contribution in [-0.4, -0.2) is 19.0 Å². The standard InChI is InChI=1S/C17H25FN2O/c1-2-17(10-5-6-11-17)16(21)20(13-7-12-19)15-9-4-3-8-14(15)18/h3-4,8-9H,2,5-7,10-13,19H2,1H3. The third-order valence-corrected chi connectivity index (χ3v) is 4.67. The zero-order valence-electron chi connectivity index (χ0n) is 12.8. The number of rotatable bonds is 6. The zero-order chi connectivity index (χ0) is 15.3. The van der Waals surface area contributed by atoms with Crippen LogP contribution in [0.1, 0.15) is 45.4 Å². The van der Waals surface area contributed by atoms with Crippen molar-refractivity contribution in [3.63, 3.8) is 0 Å². The van der Waals surface area contributed by atoms with Crippen molar-refractivity contribution in [3.8, 4) is 0 Å². The maximum atomic E-state index is 14.1. The van der Waals surface area contributed by atoms with Gasteiger partial charge < -0.3 is 10.6 Å². The number of halogens is 1. The number of carbonyl (C=O) groups excluding carboxylic acids is 1. The Balaban J connectivity index is 2.31. The van der Waals surface area contributed by atoms with Crippen LogP contribution in [0.4, 0.5) is 10.1 Å². The highest BCUT2D eigenvalue weighted by molar-refractivity contribution is 5.97. The molecule has 0 spiro atoms. The van der Waals surface area contributed by atoms with Crippen molar-refractivity contribution < 1.29 is 9.18 Å². The van der Waals surface area contributed by atoms with Gasteiger partial charge in [0.15, 0.2) is 0 Å². The Hall–Kier alpha value is -1.42. The van der Waals surface area contributed by atoms with Crippen LogP contribution in [0.25, 0.3) is 0 Å². The number of hydrogen-bond donors (Lipinski definition) is 1. The first kappa shape index (κ1) is 16.0. The molecule has 0 atom stereocenters. The summed E-state index contributed by atoms with van der Waals surface area (Å²) < 4.78 is 14.1. The zero-order valence-corrected chi connectivity index (χ0v) is 12.8. The summed E-state index contributed by atoms with van der Waals surface area (Å²) in [6, 6.07) is 6.51. The van der Waals surface area contributed by atoms with Crippen molar-refractivity contribution in [2.45, 2.75) is 45.4 Å². The molecule has 2 rings (SSSR count). The molecule has 1 aliphatic rings. The normalized spacial score (nSPS) is 16.9. The van der Waals surface area contributed by atoms with E-state index in [9.17, 15) is 9.18 Å². The summed E-state index contributed by atoms with van der Waals surface area (Å²) in [5.41, 5.74) is 5.66. The fourth-order valence-electron chi connectivity index (χ4n) is 3.31. The topological polar surface area (TPSA) is 46.3 Å². The Bertz CT molecular complexity index is 483. The van der Waals surface area contributed by atoms with Gasteiger partial charge in [0.1, 0.15) is 5.82 Å². The van der Waals surface area contributed by atoms with E-state index < -0.39 is 0 Å². The highest BCUT2D eigenvalue weighted by Gasteiger charge is 2.42. The van der Waals surface area contributed by atoms with Gasteiger partial charge in [-0.3, -0.25) is 4.79 Å². The van der Waals surface area contributed by atoms with E-state index in [1.54, 1.807) is 23.1 Å². The molecule has 1 amide bonds. The summed E-state index contributed by atoms with van der Waals surface area (Å²) in [4.78, 5) is 14.7. The van der Waals surface area contributed by atoms with Gasteiger partial charge in [-0.05, 0) is 44.4 Å². The number of nitrogens with two attached hydrogens (primary N) is 1. The van der Waals surface area contributed by atoms with Crippen LogP contribution in [0.2, 0.25) is 0 Å². The Kier molecular flexibility index (Phi) is 5.34. The van der Waals surface area contributed by atoms with Crippen LogP contribution < -0.4 is 10.6 Å². The van der Waals surface area contributed by atoms with Crippen LogP contribution in [0.5, 0.6) is 0 Å². The molecule has 21 heavy (non-hydrogen) atoms. The Morgan fingerprint density at radius 3 is 2.57 bits per heavy atom. The number of amides is 1. The quantitative estimate of drug-likeness (QED) is 0.872. The minimum atomic E-state index is -0.341. The fraction of sp³-hybridized carbons (Fsp3) is 0.588. The molecule has 116 valence electrons. The summed E-state index contributed by atoms with van der Waals surface area (Å²) in [6.45, 7) is 3.04. The summed E-state index contributed by atoms with van der Waals surface area (Å²) in [6.07, 6.45) is 5.49. The first-order valence-corrected chi connectivity index (χ1v) is 7.91. The van der Waals surface area contributed by atoms with Gasteiger partial charge in [0.2, 0.25) is 5.91 Å². The Labute approximate surface area is 126 Å². The van der Waals surface area contributed by atoms with Crippen molar-refractivity contribution >= 4 is 11.6 Å². The monoisotopic (exact) mass is 292 g/mol. The molecule has 4 heteroatoms. The van der Waals surface area contributed by atoms with Gasteiger partial charge in [-0.25, -0.2) is 4.39 Å². The lowest BCUT2D eigenvalue weighted by molar-refractivity contribution is -0.128.